The van der Waals surface area contributed by atoms with Crippen molar-refractivity contribution in [3.05, 3.63) is 116 Å². The number of nitrogens with one attached hydrogen (secondary N) is 1. The molecule has 0 aliphatic heterocycles. The molecule has 6 aromatic rings. The van der Waals surface area contributed by atoms with Gasteiger partial charge >= 0.3 is 68.9 Å². The second-order valence-electron chi connectivity index (χ2n) is 10.2. The number of H-pyrrole nitrogens is 1. The van der Waals surface area contributed by atoms with E-state index in [1.165, 1.54) is 0 Å². The molecule has 0 amide bonds. The van der Waals surface area contributed by atoms with Gasteiger partial charge in [-0.3, -0.25) is 9.51 Å². The molecular weight excluding hydrogens is 579 g/mol. The number of benzene rings is 3. The maximum absolute atomic E-state index is 13.3. The van der Waals surface area contributed by atoms with Crippen LogP contribution >= 0.6 is 0 Å². The van der Waals surface area contributed by atoms with E-state index in [1.54, 1.807) is 19.1 Å². The van der Waals surface area contributed by atoms with Gasteiger partial charge in [-0.1, -0.05) is 59.8 Å². The van der Waals surface area contributed by atoms with Crippen LogP contribution in [0.4, 0.5) is 0 Å². The van der Waals surface area contributed by atoms with Gasteiger partial charge in [-0.2, -0.15) is 0 Å². The van der Waals surface area contributed by atoms with Crippen LogP contribution in [-0.4, -0.2) is 77.0 Å². The Hall–Kier alpha value is -3.81. The molecule has 3 aromatic carbocycles. The Kier molecular flexibility index (Phi) is 8.20. The first kappa shape index (κ1) is 29.3. The summed E-state index contributed by atoms with van der Waals surface area (Å²) >= 11 is 0. The van der Waals surface area contributed by atoms with E-state index >= 15 is 0 Å². The number of imidazole rings is 1. The third kappa shape index (κ3) is 5.88. The van der Waals surface area contributed by atoms with Crippen LogP contribution in [-0.2, 0) is 17.9 Å². The van der Waals surface area contributed by atoms with Crippen molar-refractivity contribution in [3.63, 3.8) is 0 Å². The first-order valence-corrected chi connectivity index (χ1v) is 13.4. The van der Waals surface area contributed by atoms with Crippen LogP contribution in [0, 0.1) is 6.92 Å². The molecule has 212 valence electrons. The van der Waals surface area contributed by atoms with Crippen LogP contribution in [0.15, 0.2) is 89.7 Å². The molecule has 3 heterocycles. The average molecular weight is 605 g/mol. The third-order valence-electron chi connectivity index (χ3n) is 7.36. The van der Waals surface area contributed by atoms with Crippen LogP contribution in [0.5, 0.6) is 0 Å². The summed E-state index contributed by atoms with van der Waals surface area (Å²) in [7, 11) is 0. The summed E-state index contributed by atoms with van der Waals surface area (Å²) < 4.78 is 22.1. The normalized spacial score (nSPS) is 12.8. The van der Waals surface area contributed by atoms with Crippen LogP contribution in [0.3, 0.4) is 0 Å². The number of aromatic amines is 1. The van der Waals surface area contributed by atoms with Gasteiger partial charge in [-0.15, -0.1) is 0 Å². The van der Waals surface area contributed by atoms with Crippen molar-refractivity contribution in [1.29, 1.82) is 0 Å². The molecule has 0 saturated heterocycles. The Morgan fingerprint density at radius 1 is 1.00 bits per heavy atom. The molecule has 12 heteroatoms. The van der Waals surface area contributed by atoms with Crippen molar-refractivity contribution >= 4 is 68.4 Å². The van der Waals surface area contributed by atoms with Crippen molar-refractivity contribution in [2.24, 2.45) is 0 Å². The first-order valence-electron chi connectivity index (χ1n) is 13.4. The molecule has 0 radical (unpaired) electrons. The zero-order valence-electron chi connectivity index (χ0n) is 22.5. The van der Waals surface area contributed by atoms with Crippen molar-refractivity contribution in [3.8, 4) is 22.5 Å². The number of fused-ring (bicyclic) bond motifs is 1. The Morgan fingerprint density at radius 3 is 2.44 bits per heavy atom. The van der Waals surface area contributed by atoms with Gasteiger partial charge in [-0.05, 0) is 48.6 Å². The summed E-state index contributed by atoms with van der Waals surface area (Å²) in [6.07, 6.45) is 2.09. The van der Waals surface area contributed by atoms with Crippen LogP contribution in [0.25, 0.3) is 33.5 Å². The zero-order valence-corrected chi connectivity index (χ0v) is 22.5. The number of nitrogens with zero attached hydrogens (tertiary/aromatic N) is 3. The number of aryl methyl sites for hydroxylation is 1. The fraction of sp³-hybridized carbons (Fsp3) is 0.194. The predicted octanol–water partition coefficient (Wildman–Crippen LogP) is 4.54. The van der Waals surface area contributed by atoms with E-state index in [9.17, 15) is 14.4 Å². The van der Waals surface area contributed by atoms with E-state index < -0.39 is 17.5 Å². The summed E-state index contributed by atoms with van der Waals surface area (Å²) in [5.41, 5.74) is 5.40. The number of carbonyl (C=O) groups excluding carboxylic acids is 1. The standard InChI is InChI=1S/C31H24N4O7.K.H/c1-17-25(41-31(38)40-17)16-39-29(36)23-7-4-8-24-26(23)35(28(32-24)20-13-14-20)15-18-9-11-19(12-10-18)21-5-2-3-6-22(21)27-33-30(37)42-34-27;;/h2-12,20H,13-16H2,1H3,(H,33,34,37);;. The number of carbonyl (C=O) groups is 1. The molecule has 11 nitrogen and oxygen atoms in total. The molecule has 1 fully saturated rings. The van der Waals surface area contributed by atoms with Gasteiger partial charge in [0.1, 0.15) is 5.82 Å². The molecular formula is C31H25KN4O7. The fourth-order valence-corrected chi connectivity index (χ4v) is 5.16. The number of esters is 1. The Labute approximate surface area is 286 Å². The maximum atomic E-state index is 13.3. The molecule has 0 spiro atoms. The van der Waals surface area contributed by atoms with Gasteiger partial charge in [0.2, 0.25) is 0 Å². The molecule has 0 bridgehead atoms. The molecule has 0 atom stereocenters. The van der Waals surface area contributed by atoms with E-state index in [-0.39, 0.29) is 69.5 Å². The van der Waals surface area contributed by atoms with E-state index in [1.807, 2.05) is 54.6 Å². The van der Waals surface area contributed by atoms with E-state index in [2.05, 4.69) is 14.7 Å². The summed E-state index contributed by atoms with van der Waals surface area (Å²) in [4.78, 5) is 43.7. The monoisotopic (exact) mass is 604 g/mol. The molecule has 43 heavy (non-hydrogen) atoms. The van der Waals surface area contributed by atoms with Crippen molar-refractivity contribution in [2.75, 3.05) is 0 Å². The SMILES string of the molecule is Cc1oc(=O)oc1COC(=O)c1cccc2nc(C3CC3)n(Cc3ccc(-c4ccccc4-c4noc(=O)[nH]4)cc3)c12.[KH]. The molecule has 3 aromatic heterocycles. The molecule has 1 aliphatic rings. The molecule has 0 unspecified atom stereocenters. The summed E-state index contributed by atoms with van der Waals surface area (Å²) in [5, 5.41) is 3.84. The second kappa shape index (κ2) is 12.1. The van der Waals surface area contributed by atoms with Crippen LogP contribution in [0.2, 0.25) is 0 Å². The summed E-state index contributed by atoms with van der Waals surface area (Å²) in [6, 6.07) is 21.1. The van der Waals surface area contributed by atoms with Crippen LogP contribution in [0.1, 0.15) is 52.0 Å². The zero-order chi connectivity index (χ0) is 28.8. The van der Waals surface area contributed by atoms with E-state index in [0.717, 1.165) is 40.9 Å². The fourth-order valence-electron chi connectivity index (χ4n) is 5.16. The van der Waals surface area contributed by atoms with E-state index in [0.29, 0.717) is 34.9 Å². The molecule has 7 rings (SSSR count). The number of hydrogen-bond donors (Lipinski definition) is 1. The molecule has 1 aliphatic carbocycles. The molecule has 1 N–H and O–H groups in total. The van der Waals surface area contributed by atoms with Gasteiger partial charge in [0.05, 0.1) is 16.6 Å². The third-order valence-corrected chi connectivity index (χ3v) is 7.36. The quantitative estimate of drug-likeness (QED) is 0.195. The number of hydrogen-bond acceptors (Lipinski definition) is 9. The summed E-state index contributed by atoms with van der Waals surface area (Å²) in [6.45, 7) is 1.85. The number of ether oxygens (including phenoxy) is 1. The topological polar surface area (TPSA) is 146 Å². The minimum atomic E-state index is -0.838. The number of para-hydroxylation sites is 1. The molecule has 1 saturated carbocycles. The predicted molar refractivity (Wildman–Crippen MR) is 157 cm³/mol. The minimum absolute atomic E-state index is 0. The Bertz CT molecular complexity index is 2060. The van der Waals surface area contributed by atoms with Crippen molar-refractivity contribution in [2.45, 2.75) is 38.8 Å². The first-order chi connectivity index (χ1) is 20.4. The van der Waals surface area contributed by atoms with Gasteiger partial charge in [0.25, 0.3) is 0 Å². The van der Waals surface area contributed by atoms with Gasteiger partial charge in [0, 0.05) is 18.0 Å². The Morgan fingerprint density at radius 2 is 1.77 bits per heavy atom. The average Bonchev–Trinajstić information content (AvgIpc) is 3.52. The van der Waals surface area contributed by atoms with Crippen molar-refractivity contribution < 1.29 is 22.9 Å². The Balaban J connectivity index is 0.00000329. The second-order valence-corrected chi connectivity index (χ2v) is 10.2. The van der Waals surface area contributed by atoms with Crippen LogP contribution < -0.4 is 11.6 Å². The number of rotatable bonds is 8. The summed E-state index contributed by atoms with van der Waals surface area (Å²) in [5.74, 6) is 0.0762. The van der Waals surface area contributed by atoms with Gasteiger partial charge in [-0.25, -0.2) is 19.4 Å². The van der Waals surface area contributed by atoms with Crippen molar-refractivity contribution in [1.82, 2.24) is 19.7 Å². The van der Waals surface area contributed by atoms with Gasteiger partial charge in [0.15, 0.2) is 24.0 Å². The number of aromatic nitrogens is 4. The van der Waals surface area contributed by atoms with E-state index in [4.69, 9.17) is 23.1 Å². The van der Waals surface area contributed by atoms with Gasteiger partial charge < -0.3 is 18.1 Å².